The van der Waals surface area contributed by atoms with Crippen LogP contribution < -0.4 is 15.0 Å². The maximum Gasteiger partial charge on any atom is 0.407 e. The predicted octanol–water partition coefficient (Wildman–Crippen LogP) is 5.04. The third kappa shape index (κ3) is 4.88. The van der Waals surface area contributed by atoms with Crippen LogP contribution >= 0.6 is 11.6 Å². The molecule has 7 heterocycles. The van der Waals surface area contributed by atoms with Crippen molar-refractivity contribution in [1.82, 2.24) is 35.4 Å². The number of hydrogen-bond donors (Lipinski definition) is 2. The Morgan fingerprint density at radius 3 is 2.91 bits per heavy atom. The number of nitrogens with one attached hydrogen (secondary N) is 2. The van der Waals surface area contributed by atoms with E-state index in [-0.39, 0.29) is 41.1 Å². The summed E-state index contributed by atoms with van der Waals surface area (Å²) in [5, 5.41) is 12.0. The van der Waals surface area contributed by atoms with Crippen LogP contribution in [0.3, 0.4) is 0 Å². The van der Waals surface area contributed by atoms with Gasteiger partial charge in [0.2, 0.25) is 0 Å². The molecule has 9 rings (SSSR count). The zero-order valence-electron chi connectivity index (χ0n) is 24.5. The van der Waals surface area contributed by atoms with E-state index < -0.39 is 11.9 Å². The number of aromatic amines is 1. The fourth-order valence-corrected chi connectivity index (χ4v) is 7.62. The molecular formula is C31H34ClFN8O3. The highest BCUT2D eigenvalue weighted by molar-refractivity contribution is 6.33. The van der Waals surface area contributed by atoms with Crippen molar-refractivity contribution < 1.29 is 18.7 Å². The van der Waals surface area contributed by atoms with Gasteiger partial charge in [-0.1, -0.05) is 11.6 Å². The van der Waals surface area contributed by atoms with E-state index in [1.807, 2.05) is 6.07 Å². The first-order chi connectivity index (χ1) is 21.4. The van der Waals surface area contributed by atoms with E-state index >= 15 is 4.39 Å². The monoisotopic (exact) mass is 620 g/mol. The van der Waals surface area contributed by atoms with Crippen molar-refractivity contribution >= 4 is 45.3 Å². The smallest absolute Gasteiger partial charge is 0.407 e. The lowest BCUT2D eigenvalue weighted by Crippen LogP contribution is -2.48. The van der Waals surface area contributed by atoms with E-state index in [1.54, 1.807) is 12.4 Å². The van der Waals surface area contributed by atoms with Crippen LogP contribution in [0.1, 0.15) is 50.0 Å². The Kier molecular flexibility index (Phi) is 6.93. The molecule has 230 valence electrons. The molecule has 1 aliphatic carbocycles. The van der Waals surface area contributed by atoms with Crippen LogP contribution in [0.25, 0.3) is 33.1 Å². The molecule has 6 bridgehead atoms. The molecule has 44 heavy (non-hydrogen) atoms. The Labute approximate surface area is 258 Å². The Bertz CT molecular complexity index is 1770. The number of ether oxygens (including phenoxy) is 2. The number of alkyl carbamates (subject to hydrolysis) is 1. The molecule has 2 saturated heterocycles. The van der Waals surface area contributed by atoms with Crippen molar-refractivity contribution in [3.05, 3.63) is 34.9 Å². The van der Waals surface area contributed by atoms with Crippen molar-refractivity contribution in [3.8, 4) is 17.3 Å². The van der Waals surface area contributed by atoms with E-state index in [1.165, 1.54) is 0 Å². The van der Waals surface area contributed by atoms with Gasteiger partial charge in [0.05, 0.1) is 23.7 Å². The van der Waals surface area contributed by atoms with Gasteiger partial charge in [-0.2, -0.15) is 15.1 Å². The van der Waals surface area contributed by atoms with E-state index in [2.05, 4.69) is 37.3 Å². The van der Waals surface area contributed by atoms with Gasteiger partial charge in [0.25, 0.3) is 0 Å². The van der Waals surface area contributed by atoms with Crippen molar-refractivity contribution in [2.45, 2.75) is 56.5 Å². The van der Waals surface area contributed by atoms with Gasteiger partial charge >= 0.3 is 12.1 Å². The van der Waals surface area contributed by atoms with Crippen molar-refractivity contribution in [1.29, 1.82) is 0 Å². The number of fused-ring (bicyclic) bond motifs is 6. The molecule has 1 amide bonds. The third-order valence-electron chi connectivity index (χ3n) is 9.75. The summed E-state index contributed by atoms with van der Waals surface area (Å²) in [4.78, 5) is 31.3. The summed E-state index contributed by atoms with van der Waals surface area (Å²) in [7, 11) is 2.08. The zero-order valence-corrected chi connectivity index (χ0v) is 25.2. The third-order valence-corrected chi connectivity index (χ3v) is 10.1. The number of aromatic nitrogens is 5. The highest BCUT2D eigenvalue weighted by Crippen LogP contribution is 2.55. The van der Waals surface area contributed by atoms with Gasteiger partial charge in [-0.15, -0.1) is 0 Å². The van der Waals surface area contributed by atoms with Crippen LogP contribution in [-0.4, -0.2) is 88.1 Å². The summed E-state index contributed by atoms with van der Waals surface area (Å²) < 4.78 is 28.8. The van der Waals surface area contributed by atoms with Crippen LogP contribution in [0.2, 0.25) is 5.02 Å². The maximum atomic E-state index is 17.0. The first kappa shape index (κ1) is 27.8. The molecule has 2 N–H and O–H groups in total. The number of piperidine rings is 1. The second-order valence-corrected chi connectivity index (χ2v) is 12.9. The molecule has 4 aliphatic heterocycles. The van der Waals surface area contributed by atoms with Gasteiger partial charge in [0, 0.05) is 47.3 Å². The van der Waals surface area contributed by atoms with Crippen molar-refractivity contribution in [3.63, 3.8) is 0 Å². The van der Waals surface area contributed by atoms with Gasteiger partial charge in [-0.05, 0) is 75.6 Å². The van der Waals surface area contributed by atoms with Crippen LogP contribution in [0, 0.1) is 11.7 Å². The summed E-state index contributed by atoms with van der Waals surface area (Å²) >= 11 is 6.90. The predicted molar refractivity (Wildman–Crippen MR) is 164 cm³/mol. The molecule has 0 spiro atoms. The Morgan fingerprint density at radius 1 is 1.16 bits per heavy atom. The number of pyridine rings is 1. The summed E-state index contributed by atoms with van der Waals surface area (Å²) in [6, 6.07) is 2.06. The number of anilines is 1. The number of likely N-dealkylation sites (tertiary alicyclic amines) is 1. The van der Waals surface area contributed by atoms with Crippen LogP contribution in [-0.2, 0) is 4.74 Å². The number of halogens is 2. The molecule has 11 nitrogen and oxygen atoms in total. The lowest BCUT2D eigenvalue weighted by atomic mass is 9.94. The van der Waals surface area contributed by atoms with E-state index in [0.29, 0.717) is 60.0 Å². The lowest BCUT2D eigenvalue weighted by Gasteiger charge is -2.34. The summed E-state index contributed by atoms with van der Waals surface area (Å²) in [5.74, 6) is 0.306. The van der Waals surface area contributed by atoms with Crippen molar-refractivity contribution in [2.75, 3.05) is 44.8 Å². The molecule has 3 aromatic heterocycles. The van der Waals surface area contributed by atoms with Crippen LogP contribution in [0.15, 0.2) is 18.5 Å². The minimum Gasteiger partial charge on any atom is -0.462 e. The fraction of sp³-hybridized carbons (Fsp3) is 0.516. The Hall–Kier alpha value is -3.77. The fourth-order valence-electron chi connectivity index (χ4n) is 7.27. The number of carbonyl (C=O) groups is 1. The average Bonchev–Trinajstić information content (AvgIpc) is 3.38. The van der Waals surface area contributed by atoms with Gasteiger partial charge in [0.15, 0.2) is 5.82 Å². The lowest BCUT2D eigenvalue weighted by molar-refractivity contribution is 0.137. The van der Waals surface area contributed by atoms with Gasteiger partial charge in [-0.3, -0.25) is 10.1 Å². The molecule has 13 heteroatoms. The number of carbonyl (C=O) groups excluding carboxylic acids is 1. The first-order valence-corrected chi connectivity index (χ1v) is 15.9. The number of nitrogens with zero attached hydrogens (tertiary/aromatic N) is 6. The second kappa shape index (κ2) is 11.0. The largest absolute Gasteiger partial charge is 0.462 e. The zero-order chi connectivity index (χ0) is 29.9. The normalized spacial score (nSPS) is 25.5. The SMILES string of the molecule is CN1CCC[C@H]1COc1nc2c3cnc(c(F)c3n1)-c1c(c(Cl)cc3[nH]ncc13)[C@@H]1C[C@@H]1CCOC(=O)N[C@@H]1CCCN2C1. The number of H-pyrrole nitrogens is 1. The minimum absolute atomic E-state index is 0.0737. The standard InChI is InChI=1S/C31H34ClFN8O3/c1-40-7-3-5-18(40)15-44-30-37-27-21-12-34-28(26(27)33)25-20-13-35-39-23(20)11-22(32)24(25)19-10-16(19)6-9-43-31(42)36-17-4-2-8-41(14-17)29(21)38-30/h11-13,16-19H,2-10,14-15H2,1H3,(H,35,39)(H,36,42)/t16-,17+,18-,19+/m0/s1. The number of rotatable bonds is 3. The molecule has 0 unspecified atom stereocenters. The van der Waals surface area contributed by atoms with Gasteiger partial charge in [0.1, 0.15) is 23.6 Å². The summed E-state index contributed by atoms with van der Waals surface area (Å²) in [6.45, 7) is 2.90. The molecule has 5 aliphatic rings. The van der Waals surface area contributed by atoms with E-state index in [9.17, 15) is 4.79 Å². The quantitative estimate of drug-likeness (QED) is 0.325. The van der Waals surface area contributed by atoms with Crippen LogP contribution in [0.5, 0.6) is 6.01 Å². The van der Waals surface area contributed by atoms with Gasteiger partial charge < -0.3 is 24.6 Å². The Balaban J connectivity index is 1.31. The molecule has 4 aromatic rings. The number of likely N-dealkylation sites (N-methyl/N-ethyl adjacent to an activating group) is 1. The molecule has 0 radical (unpaired) electrons. The number of benzene rings is 1. The Morgan fingerprint density at radius 2 is 2.05 bits per heavy atom. The summed E-state index contributed by atoms with van der Waals surface area (Å²) in [5.41, 5.74) is 2.46. The van der Waals surface area contributed by atoms with E-state index in [4.69, 9.17) is 31.0 Å². The highest BCUT2D eigenvalue weighted by Gasteiger charge is 2.42. The average molecular weight is 621 g/mol. The van der Waals surface area contributed by atoms with Gasteiger partial charge in [-0.25, -0.2) is 9.18 Å². The number of hydrogen-bond acceptors (Lipinski definition) is 9. The molecular weight excluding hydrogens is 587 g/mol. The van der Waals surface area contributed by atoms with Crippen molar-refractivity contribution in [2.24, 2.45) is 5.92 Å². The second-order valence-electron chi connectivity index (χ2n) is 12.5. The molecule has 1 saturated carbocycles. The molecule has 3 fully saturated rings. The first-order valence-electron chi connectivity index (χ1n) is 15.5. The topological polar surface area (TPSA) is 121 Å². The summed E-state index contributed by atoms with van der Waals surface area (Å²) in [6.07, 6.45) is 8.22. The molecule has 1 aromatic carbocycles. The highest BCUT2D eigenvalue weighted by atomic mass is 35.5. The maximum absolute atomic E-state index is 17.0. The minimum atomic E-state index is -0.549. The van der Waals surface area contributed by atoms with E-state index in [0.717, 1.165) is 49.6 Å². The molecule has 4 atom stereocenters. The van der Waals surface area contributed by atoms with Crippen LogP contribution in [0.4, 0.5) is 15.0 Å². The number of amides is 1.